The highest BCUT2D eigenvalue weighted by Crippen LogP contribution is 2.27. The Balaban J connectivity index is 1.39. The fourth-order valence-corrected chi connectivity index (χ4v) is 3.82. The molecule has 1 aromatic carbocycles. The number of nitrogens with two attached hydrogens (primary N) is 1. The van der Waals surface area contributed by atoms with Gasteiger partial charge in [0.05, 0.1) is 11.9 Å². The van der Waals surface area contributed by atoms with Gasteiger partial charge >= 0.3 is 0 Å². The normalized spacial score (nSPS) is 18.4. The molecular weight excluding hydrogens is 394 g/mol. The monoisotopic (exact) mass is 415 g/mol. The average Bonchev–Trinajstić information content (AvgIpc) is 3.42. The number of carbonyl (C=O) groups is 1. The summed E-state index contributed by atoms with van der Waals surface area (Å²) in [6, 6.07) is 7.85. The van der Waals surface area contributed by atoms with Crippen LogP contribution in [0.2, 0.25) is 0 Å². The van der Waals surface area contributed by atoms with Gasteiger partial charge in [-0.05, 0) is 56.0 Å². The molecule has 3 heterocycles. The van der Waals surface area contributed by atoms with Gasteiger partial charge in [0, 0.05) is 29.9 Å². The van der Waals surface area contributed by atoms with Crippen LogP contribution in [0.1, 0.15) is 24.8 Å². The van der Waals surface area contributed by atoms with Crippen LogP contribution in [0.15, 0.2) is 42.9 Å². The lowest BCUT2D eigenvalue weighted by Gasteiger charge is -2.12. The Morgan fingerprint density at radius 2 is 1.87 bits per heavy atom. The summed E-state index contributed by atoms with van der Waals surface area (Å²) in [6.45, 7) is 1.95. The Hall–Kier alpha value is -3.95. The minimum absolute atomic E-state index is 0.0931. The molecule has 3 N–H and O–H groups in total. The smallest absolute Gasteiger partial charge is 0.225 e. The first-order valence-electron chi connectivity index (χ1n) is 10.1. The molecule has 2 atom stereocenters. The lowest BCUT2D eigenvalue weighted by Crippen LogP contribution is -2.23. The maximum Gasteiger partial charge on any atom is 0.225 e. The Morgan fingerprint density at radius 3 is 2.58 bits per heavy atom. The molecule has 0 unspecified atom stereocenters. The van der Waals surface area contributed by atoms with Crippen LogP contribution < -0.4 is 11.1 Å². The molecule has 5 rings (SSSR count). The molecule has 1 aliphatic carbocycles. The van der Waals surface area contributed by atoms with Crippen molar-refractivity contribution in [2.24, 2.45) is 11.7 Å². The number of fused-ring (bicyclic) bond motifs is 1. The predicted molar refractivity (Wildman–Crippen MR) is 114 cm³/mol. The molecule has 0 saturated heterocycles. The van der Waals surface area contributed by atoms with E-state index in [0.29, 0.717) is 29.4 Å². The van der Waals surface area contributed by atoms with Gasteiger partial charge in [0.2, 0.25) is 11.9 Å². The van der Waals surface area contributed by atoms with E-state index >= 15 is 0 Å². The summed E-state index contributed by atoms with van der Waals surface area (Å²) < 4.78 is 1.67. The van der Waals surface area contributed by atoms with Crippen molar-refractivity contribution < 1.29 is 4.79 Å². The van der Waals surface area contributed by atoms with Crippen molar-refractivity contribution in [3.63, 3.8) is 0 Å². The fraction of sp³-hybridized carbons (Fsp3) is 0.286. The number of primary amides is 1. The summed E-state index contributed by atoms with van der Waals surface area (Å²) in [5.74, 6) is 0.808. The lowest BCUT2D eigenvalue weighted by molar-refractivity contribution is -0.121. The standard InChI is InChI=1S/C21H21N9O/c1-12-9-23-19(24-10-12)13-3-6-16(7-4-13)30-20-17(28-29-30)11-25-21(27-20)26-15-5-2-14(8-15)18(22)31/h3-4,6-7,9-11,14-15H,2,5,8H2,1H3,(H2,22,31)(H,25,26,27)/t14-,15-/m1/s1. The number of amides is 1. The maximum atomic E-state index is 11.4. The van der Waals surface area contributed by atoms with Gasteiger partial charge < -0.3 is 11.1 Å². The molecule has 0 bridgehead atoms. The average molecular weight is 415 g/mol. The van der Waals surface area contributed by atoms with Crippen LogP contribution in [0.3, 0.4) is 0 Å². The third-order valence-electron chi connectivity index (χ3n) is 5.51. The van der Waals surface area contributed by atoms with E-state index in [1.165, 1.54) is 0 Å². The first-order chi connectivity index (χ1) is 15.1. The van der Waals surface area contributed by atoms with Gasteiger partial charge in [0.15, 0.2) is 17.0 Å². The molecule has 156 valence electrons. The first kappa shape index (κ1) is 19.0. The number of anilines is 1. The quantitative estimate of drug-likeness (QED) is 0.505. The summed E-state index contributed by atoms with van der Waals surface area (Å²) in [5.41, 5.74) is 9.37. The molecule has 1 aliphatic rings. The third-order valence-corrected chi connectivity index (χ3v) is 5.51. The van der Waals surface area contributed by atoms with E-state index < -0.39 is 0 Å². The molecule has 31 heavy (non-hydrogen) atoms. The molecule has 0 aliphatic heterocycles. The summed E-state index contributed by atoms with van der Waals surface area (Å²) in [7, 11) is 0. The third kappa shape index (κ3) is 3.79. The van der Waals surface area contributed by atoms with Crippen molar-refractivity contribution in [2.45, 2.75) is 32.2 Å². The van der Waals surface area contributed by atoms with Crippen molar-refractivity contribution in [1.29, 1.82) is 0 Å². The van der Waals surface area contributed by atoms with Crippen molar-refractivity contribution in [2.75, 3.05) is 5.32 Å². The number of nitrogens with one attached hydrogen (secondary N) is 1. The van der Waals surface area contributed by atoms with Crippen LogP contribution in [0.25, 0.3) is 28.2 Å². The molecule has 4 aromatic rings. The molecule has 3 aromatic heterocycles. The second-order valence-corrected chi connectivity index (χ2v) is 7.79. The van der Waals surface area contributed by atoms with Crippen LogP contribution in [0.4, 0.5) is 5.95 Å². The minimum Gasteiger partial charge on any atom is -0.369 e. The Morgan fingerprint density at radius 1 is 1.10 bits per heavy atom. The van der Waals surface area contributed by atoms with Crippen LogP contribution >= 0.6 is 0 Å². The number of carbonyl (C=O) groups excluding carboxylic acids is 1. The second-order valence-electron chi connectivity index (χ2n) is 7.79. The highest BCUT2D eigenvalue weighted by atomic mass is 16.1. The minimum atomic E-state index is -0.248. The van der Waals surface area contributed by atoms with Crippen LogP contribution in [0.5, 0.6) is 0 Å². The second kappa shape index (κ2) is 7.71. The summed E-state index contributed by atoms with van der Waals surface area (Å²) in [6.07, 6.45) is 7.56. The van der Waals surface area contributed by atoms with E-state index in [0.717, 1.165) is 29.7 Å². The number of benzene rings is 1. The Labute approximate surface area is 178 Å². The van der Waals surface area contributed by atoms with Crippen molar-refractivity contribution in [3.05, 3.63) is 48.4 Å². The topological polar surface area (TPSA) is 137 Å². The first-order valence-corrected chi connectivity index (χ1v) is 10.1. The fourth-order valence-electron chi connectivity index (χ4n) is 3.82. The molecule has 0 spiro atoms. The summed E-state index contributed by atoms with van der Waals surface area (Å²) in [5, 5.41) is 11.7. The highest BCUT2D eigenvalue weighted by Gasteiger charge is 2.28. The van der Waals surface area contributed by atoms with Crippen molar-refractivity contribution in [3.8, 4) is 17.1 Å². The van der Waals surface area contributed by atoms with Gasteiger partial charge in [0.1, 0.15) is 0 Å². The maximum absolute atomic E-state index is 11.4. The number of aromatic nitrogens is 7. The molecular formula is C21H21N9O. The van der Waals surface area contributed by atoms with Crippen LogP contribution in [0, 0.1) is 12.8 Å². The number of hydrogen-bond acceptors (Lipinski definition) is 8. The van der Waals surface area contributed by atoms with Crippen molar-refractivity contribution in [1.82, 2.24) is 34.9 Å². The zero-order chi connectivity index (χ0) is 21.4. The highest BCUT2D eigenvalue weighted by molar-refractivity contribution is 5.77. The van der Waals surface area contributed by atoms with Gasteiger partial charge in [-0.2, -0.15) is 9.67 Å². The molecule has 10 nitrogen and oxygen atoms in total. The van der Waals surface area contributed by atoms with E-state index in [1.54, 1.807) is 23.3 Å². The molecule has 1 saturated carbocycles. The lowest BCUT2D eigenvalue weighted by atomic mass is 10.1. The van der Waals surface area contributed by atoms with E-state index in [2.05, 4.69) is 35.6 Å². The van der Waals surface area contributed by atoms with Crippen molar-refractivity contribution >= 4 is 23.0 Å². The van der Waals surface area contributed by atoms with E-state index in [-0.39, 0.29) is 17.9 Å². The van der Waals surface area contributed by atoms with E-state index in [9.17, 15) is 4.79 Å². The molecule has 10 heteroatoms. The van der Waals surface area contributed by atoms with Gasteiger partial charge in [-0.15, -0.1) is 5.10 Å². The molecule has 1 fully saturated rings. The predicted octanol–water partition coefficient (Wildman–Crippen LogP) is 2.04. The SMILES string of the molecule is Cc1cnc(-c2ccc(-n3nnc4cnc(N[C@@H]5CC[C@@H](C(N)=O)C5)nc43)cc2)nc1. The zero-order valence-corrected chi connectivity index (χ0v) is 16.9. The number of nitrogens with zero attached hydrogens (tertiary/aromatic N) is 7. The van der Waals surface area contributed by atoms with Gasteiger partial charge in [-0.25, -0.2) is 15.0 Å². The molecule has 1 amide bonds. The zero-order valence-electron chi connectivity index (χ0n) is 16.9. The van der Waals surface area contributed by atoms with Gasteiger partial charge in [-0.1, -0.05) is 5.21 Å². The Kier molecular flexibility index (Phi) is 4.73. The van der Waals surface area contributed by atoms with Gasteiger partial charge in [0.25, 0.3) is 0 Å². The van der Waals surface area contributed by atoms with Crippen LogP contribution in [-0.4, -0.2) is 46.9 Å². The number of aryl methyl sites for hydroxylation is 1. The summed E-state index contributed by atoms with van der Waals surface area (Å²) in [4.78, 5) is 29.1. The largest absolute Gasteiger partial charge is 0.369 e. The van der Waals surface area contributed by atoms with E-state index in [4.69, 9.17) is 5.73 Å². The van der Waals surface area contributed by atoms with E-state index in [1.807, 2.05) is 31.2 Å². The van der Waals surface area contributed by atoms with Gasteiger partial charge in [-0.3, -0.25) is 4.79 Å². The Bertz CT molecular complexity index is 1230. The summed E-state index contributed by atoms with van der Waals surface area (Å²) >= 11 is 0. The number of hydrogen-bond donors (Lipinski definition) is 2. The van der Waals surface area contributed by atoms with Crippen LogP contribution in [-0.2, 0) is 4.79 Å². The molecule has 0 radical (unpaired) electrons. The number of rotatable bonds is 5.